The van der Waals surface area contributed by atoms with E-state index in [1.807, 2.05) is 12.4 Å². The Labute approximate surface area is 111 Å². The second kappa shape index (κ2) is 5.10. The molecule has 0 spiro atoms. The van der Waals surface area contributed by atoms with Gasteiger partial charge in [0.1, 0.15) is 12.4 Å². The van der Waals surface area contributed by atoms with Gasteiger partial charge < -0.3 is 9.30 Å². The molecule has 7 nitrogen and oxygen atoms in total. The van der Waals surface area contributed by atoms with Gasteiger partial charge in [-0.3, -0.25) is 10.00 Å². The van der Waals surface area contributed by atoms with Crippen molar-refractivity contribution < 1.29 is 4.74 Å². The van der Waals surface area contributed by atoms with E-state index in [0.29, 0.717) is 6.61 Å². The molecule has 3 heterocycles. The van der Waals surface area contributed by atoms with Gasteiger partial charge in [0, 0.05) is 38.5 Å². The summed E-state index contributed by atoms with van der Waals surface area (Å²) >= 11 is 0. The van der Waals surface area contributed by atoms with Crippen molar-refractivity contribution in [2.24, 2.45) is 0 Å². The van der Waals surface area contributed by atoms with Gasteiger partial charge in [0.25, 0.3) is 0 Å². The summed E-state index contributed by atoms with van der Waals surface area (Å²) in [7, 11) is 1.68. The molecule has 7 heteroatoms. The van der Waals surface area contributed by atoms with Crippen molar-refractivity contribution in [2.75, 3.05) is 13.7 Å². The van der Waals surface area contributed by atoms with Gasteiger partial charge in [-0.15, -0.1) is 10.2 Å². The number of methoxy groups -OCH3 is 1. The van der Waals surface area contributed by atoms with E-state index in [4.69, 9.17) is 4.74 Å². The largest absolute Gasteiger partial charge is 0.377 e. The molecule has 0 aliphatic carbocycles. The summed E-state index contributed by atoms with van der Waals surface area (Å²) < 4.78 is 7.32. The highest BCUT2D eigenvalue weighted by Crippen LogP contribution is 2.25. The Morgan fingerprint density at radius 2 is 2.32 bits per heavy atom. The zero-order valence-corrected chi connectivity index (χ0v) is 11.2. The van der Waals surface area contributed by atoms with Crippen molar-refractivity contribution in [3.8, 4) is 0 Å². The minimum Gasteiger partial charge on any atom is -0.377 e. The van der Waals surface area contributed by atoms with Crippen LogP contribution >= 0.6 is 0 Å². The molecular formula is C12H18N6O. The molecule has 0 amide bonds. The van der Waals surface area contributed by atoms with E-state index in [1.165, 1.54) is 5.56 Å². The SMILES string of the molecule is COCc1nnc2n1CCN(Cc1cn[nH]c1)[C@@H]2C. The van der Waals surface area contributed by atoms with E-state index in [-0.39, 0.29) is 6.04 Å². The third-order valence-corrected chi connectivity index (χ3v) is 3.60. The summed E-state index contributed by atoms with van der Waals surface area (Å²) in [5.41, 5.74) is 1.19. The summed E-state index contributed by atoms with van der Waals surface area (Å²) in [6.45, 7) is 5.44. The smallest absolute Gasteiger partial charge is 0.159 e. The minimum atomic E-state index is 0.252. The normalized spacial score (nSPS) is 19.6. The number of hydrogen-bond donors (Lipinski definition) is 1. The van der Waals surface area contributed by atoms with Crippen molar-refractivity contribution in [2.45, 2.75) is 32.7 Å². The molecule has 1 aliphatic heterocycles. The third kappa shape index (κ3) is 2.26. The van der Waals surface area contributed by atoms with Gasteiger partial charge in [-0.1, -0.05) is 0 Å². The highest BCUT2D eigenvalue weighted by atomic mass is 16.5. The predicted molar refractivity (Wildman–Crippen MR) is 68.1 cm³/mol. The first-order valence-corrected chi connectivity index (χ1v) is 6.42. The first-order chi connectivity index (χ1) is 9.29. The molecule has 0 aromatic carbocycles. The molecule has 2 aromatic heterocycles. The van der Waals surface area contributed by atoms with Crippen LogP contribution in [0.5, 0.6) is 0 Å². The van der Waals surface area contributed by atoms with E-state index in [9.17, 15) is 0 Å². The molecule has 3 rings (SSSR count). The van der Waals surface area contributed by atoms with E-state index >= 15 is 0 Å². The predicted octanol–water partition coefficient (Wildman–Crippen LogP) is 0.724. The number of H-pyrrole nitrogens is 1. The summed E-state index contributed by atoms with van der Waals surface area (Å²) in [4.78, 5) is 2.38. The fraction of sp³-hybridized carbons (Fsp3) is 0.583. The fourth-order valence-corrected chi connectivity index (χ4v) is 2.54. The second-order valence-corrected chi connectivity index (χ2v) is 4.81. The zero-order valence-electron chi connectivity index (χ0n) is 11.2. The molecule has 19 heavy (non-hydrogen) atoms. The lowest BCUT2D eigenvalue weighted by Crippen LogP contribution is -2.37. The summed E-state index contributed by atoms with van der Waals surface area (Å²) in [6, 6.07) is 0.252. The Balaban J connectivity index is 1.78. The average molecular weight is 262 g/mol. The van der Waals surface area contributed by atoms with Crippen LogP contribution in [0.2, 0.25) is 0 Å². The molecule has 0 saturated heterocycles. The topological polar surface area (TPSA) is 71.9 Å². The van der Waals surface area contributed by atoms with Crippen LogP contribution in [-0.2, 0) is 24.4 Å². The molecule has 0 unspecified atom stereocenters. The van der Waals surface area contributed by atoms with Gasteiger partial charge in [0.2, 0.25) is 0 Å². The highest BCUT2D eigenvalue weighted by Gasteiger charge is 2.28. The number of aromatic nitrogens is 5. The molecule has 0 bridgehead atoms. The number of rotatable bonds is 4. The number of nitrogens with zero attached hydrogens (tertiary/aromatic N) is 5. The maximum atomic E-state index is 5.15. The third-order valence-electron chi connectivity index (χ3n) is 3.60. The maximum absolute atomic E-state index is 5.15. The molecule has 0 radical (unpaired) electrons. The number of fused-ring (bicyclic) bond motifs is 1. The van der Waals surface area contributed by atoms with Gasteiger partial charge in [-0.05, 0) is 6.92 Å². The van der Waals surface area contributed by atoms with Crippen LogP contribution in [0.15, 0.2) is 12.4 Å². The Morgan fingerprint density at radius 1 is 1.42 bits per heavy atom. The second-order valence-electron chi connectivity index (χ2n) is 4.81. The van der Waals surface area contributed by atoms with Crippen LogP contribution in [0.4, 0.5) is 0 Å². The Hall–Kier alpha value is -1.73. The Morgan fingerprint density at radius 3 is 3.05 bits per heavy atom. The van der Waals surface area contributed by atoms with Crippen LogP contribution in [-0.4, -0.2) is 43.5 Å². The fourth-order valence-electron chi connectivity index (χ4n) is 2.54. The Bertz CT molecular complexity index is 534. The lowest BCUT2D eigenvalue weighted by atomic mass is 10.2. The van der Waals surface area contributed by atoms with Crippen molar-refractivity contribution in [3.63, 3.8) is 0 Å². The summed E-state index contributed by atoms with van der Waals surface area (Å²) in [5.74, 6) is 1.93. The van der Waals surface area contributed by atoms with Crippen molar-refractivity contribution in [3.05, 3.63) is 29.6 Å². The maximum Gasteiger partial charge on any atom is 0.159 e. The lowest BCUT2D eigenvalue weighted by molar-refractivity contribution is 0.143. The van der Waals surface area contributed by atoms with E-state index in [1.54, 1.807) is 7.11 Å². The van der Waals surface area contributed by atoms with Gasteiger partial charge in [-0.2, -0.15) is 5.10 Å². The van der Waals surface area contributed by atoms with Crippen LogP contribution in [0.3, 0.4) is 0 Å². The highest BCUT2D eigenvalue weighted by molar-refractivity contribution is 5.07. The summed E-state index contributed by atoms with van der Waals surface area (Å²) in [6.07, 6.45) is 3.80. The quantitative estimate of drug-likeness (QED) is 0.879. The number of ether oxygens (including phenoxy) is 1. The van der Waals surface area contributed by atoms with Crippen molar-refractivity contribution in [1.82, 2.24) is 29.9 Å². The standard InChI is InChI=1S/C12H18N6O/c1-9-12-16-15-11(8-19-2)18(12)4-3-17(9)7-10-5-13-14-6-10/h5-6,9H,3-4,7-8H2,1-2H3,(H,13,14)/t9-/m1/s1. The molecule has 0 fully saturated rings. The van der Waals surface area contributed by atoms with Gasteiger partial charge in [0.05, 0.1) is 12.2 Å². The van der Waals surface area contributed by atoms with E-state index in [0.717, 1.165) is 31.3 Å². The van der Waals surface area contributed by atoms with Gasteiger partial charge >= 0.3 is 0 Å². The molecule has 1 atom stereocenters. The molecule has 2 aromatic rings. The van der Waals surface area contributed by atoms with Gasteiger partial charge in [-0.25, -0.2) is 0 Å². The first-order valence-electron chi connectivity index (χ1n) is 6.42. The molecular weight excluding hydrogens is 244 g/mol. The Kier molecular flexibility index (Phi) is 3.31. The molecule has 0 saturated carbocycles. The first kappa shape index (κ1) is 12.3. The minimum absolute atomic E-state index is 0.252. The lowest BCUT2D eigenvalue weighted by Gasteiger charge is -2.33. The molecule has 1 N–H and O–H groups in total. The monoisotopic (exact) mass is 262 g/mol. The number of aromatic amines is 1. The van der Waals surface area contributed by atoms with Crippen LogP contribution < -0.4 is 0 Å². The van der Waals surface area contributed by atoms with Crippen LogP contribution in [0.25, 0.3) is 0 Å². The van der Waals surface area contributed by atoms with E-state index in [2.05, 4.69) is 36.8 Å². The molecule has 1 aliphatic rings. The zero-order chi connectivity index (χ0) is 13.2. The van der Waals surface area contributed by atoms with Crippen molar-refractivity contribution >= 4 is 0 Å². The van der Waals surface area contributed by atoms with Gasteiger partial charge in [0.15, 0.2) is 5.82 Å². The average Bonchev–Trinajstić information content (AvgIpc) is 3.04. The van der Waals surface area contributed by atoms with Crippen LogP contribution in [0.1, 0.15) is 30.2 Å². The number of hydrogen-bond acceptors (Lipinski definition) is 5. The van der Waals surface area contributed by atoms with Crippen molar-refractivity contribution in [1.29, 1.82) is 0 Å². The molecule has 102 valence electrons. The van der Waals surface area contributed by atoms with Crippen LogP contribution in [0, 0.1) is 0 Å². The summed E-state index contributed by atoms with van der Waals surface area (Å²) in [5, 5.41) is 15.3. The van der Waals surface area contributed by atoms with E-state index < -0.39 is 0 Å². The number of nitrogens with one attached hydrogen (secondary N) is 1.